The van der Waals surface area contributed by atoms with Gasteiger partial charge >= 0.3 is 0 Å². The summed E-state index contributed by atoms with van der Waals surface area (Å²) in [7, 11) is -1.42. The van der Waals surface area contributed by atoms with Gasteiger partial charge in [-0.25, -0.2) is 0 Å². The van der Waals surface area contributed by atoms with Crippen molar-refractivity contribution in [3.63, 3.8) is 0 Å². The van der Waals surface area contributed by atoms with Crippen LogP contribution in [-0.2, 0) is 0 Å². The second-order valence-corrected chi connectivity index (χ2v) is 8.96. The lowest BCUT2D eigenvalue weighted by molar-refractivity contribution is 0.465. The lowest BCUT2D eigenvalue weighted by Crippen LogP contribution is -2.61. The summed E-state index contributed by atoms with van der Waals surface area (Å²) in [5.74, 6) is 0. The van der Waals surface area contributed by atoms with Crippen molar-refractivity contribution in [2.24, 2.45) is 0 Å². The standard InChI is InChI=1S/C14H25NSi/c1-5-15(6-2)16(7-3,8-4)14-12-10-9-11-13-14/h9-13H,5-8H2,1-4H3. The summed E-state index contributed by atoms with van der Waals surface area (Å²) in [5.41, 5.74) is 0. The molecule has 0 aliphatic rings. The van der Waals surface area contributed by atoms with Crippen molar-refractivity contribution >= 4 is 13.4 Å². The van der Waals surface area contributed by atoms with Crippen LogP contribution < -0.4 is 5.19 Å². The van der Waals surface area contributed by atoms with Crippen LogP contribution in [0.3, 0.4) is 0 Å². The first-order chi connectivity index (χ1) is 7.75. The molecule has 0 N–H and O–H groups in total. The third kappa shape index (κ3) is 2.38. The predicted molar refractivity (Wildman–Crippen MR) is 75.7 cm³/mol. The molecule has 0 spiro atoms. The number of nitrogens with zero attached hydrogens (tertiary/aromatic N) is 1. The molecule has 1 rings (SSSR count). The van der Waals surface area contributed by atoms with Crippen molar-refractivity contribution in [1.29, 1.82) is 0 Å². The fourth-order valence-electron chi connectivity index (χ4n) is 2.87. The third-order valence-electron chi connectivity index (χ3n) is 3.85. The molecule has 0 aromatic heterocycles. The highest BCUT2D eigenvalue weighted by Gasteiger charge is 2.36. The summed E-state index contributed by atoms with van der Waals surface area (Å²) >= 11 is 0. The number of rotatable bonds is 6. The maximum absolute atomic E-state index is 2.72. The summed E-state index contributed by atoms with van der Waals surface area (Å²) in [6, 6.07) is 13.8. The quantitative estimate of drug-likeness (QED) is 0.684. The topological polar surface area (TPSA) is 3.24 Å². The molecule has 0 aliphatic heterocycles. The van der Waals surface area contributed by atoms with Crippen LogP contribution in [0.1, 0.15) is 27.7 Å². The van der Waals surface area contributed by atoms with Gasteiger partial charge in [0.1, 0.15) is 0 Å². The van der Waals surface area contributed by atoms with E-state index in [9.17, 15) is 0 Å². The summed E-state index contributed by atoms with van der Waals surface area (Å²) in [4.78, 5) is 0. The first-order valence-corrected chi connectivity index (χ1v) is 8.91. The average Bonchev–Trinajstić information content (AvgIpc) is 2.37. The first-order valence-electron chi connectivity index (χ1n) is 6.55. The molecule has 0 bridgehead atoms. The van der Waals surface area contributed by atoms with Gasteiger partial charge in [0, 0.05) is 0 Å². The van der Waals surface area contributed by atoms with Crippen LogP contribution in [0.5, 0.6) is 0 Å². The van der Waals surface area contributed by atoms with Gasteiger partial charge in [-0.1, -0.05) is 58.0 Å². The minimum absolute atomic E-state index is 1.18. The van der Waals surface area contributed by atoms with Crippen molar-refractivity contribution < 1.29 is 0 Å². The number of benzene rings is 1. The highest BCUT2D eigenvalue weighted by atomic mass is 28.3. The molecule has 0 radical (unpaired) electrons. The average molecular weight is 235 g/mol. The van der Waals surface area contributed by atoms with Crippen molar-refractivity contribution in [3.05, 3.63) is 30.3 Å². The molecule has 0 saturated heterocycles. The van der Waals surface area contributed by atoms with Gasteiger partial charge in [-0.3, -0.25) is 0 Å². The molecule has 0 saturated carbocycles. The predicted octanol–water partition coefficient (Wildman–Crippen LogP) is 3.22. The molecule has 0 fully saturated rings. The van der Waals surface area contributed by atoms with E-state index in [1.807, 2.05) is 0 Å². The van der Waals surface area contributed by atoms with Gasteiger partial charge in [-0.2, -0.15) is 0 Å². The molecule has 0 heterocycles. The number of hydrogen-bond acceptors (Lipinski definition) is 1. The van der Waals surface area contributed by atoms with E-state index in [0.717, 1.165) is 0 Å². The second kappa shape index (κ2) is 6.21. The van der Waals surface area contributed by atoms with E-state index in [0.29, 0.717) is 0 Å². The van der Waals surface area contributed by atoms with Gasteiger partial charge in [0.2, 0.25) is 0 Å². The first kappa shape index (κ1) is 13.5. The Labute approximate surface area is 102 Å². The largest absolute Gasteiger partial charge is 0.320 e. The minimum Gasteiger partial charge on any atom is -0.320 e. The number of hydrogen-bond donors (Lipinski definition) is 0. The zero-order chi connectivity index (χ0) is 12.0. The molecule has 0 aliphatic carbocycles. The van der Waals surface area contributed by atoms with E-state index in [1.54, 1.807) is 5.19 Å². The Bertz CT molecular complexity index is 289. The smallest absolute Gasteiger partial charge is 0.159 e. The van der Waals surface area contributed by atoms with Crippen molar-refractivity contribution in [2.75, 3.05) is 13.1 Å². The van der Waals surface area contributed by atoms with Crippen molar-refractivity contribution in [1.82, 2.24) is 4.57 Å². The third-order valence-corrected chi connectivity index (χ3v) is 9.44. The molecule has 16 heavy (non-hydrogen) atoms. The molecule has 0 unspecified atom stereocenters. The van der Waals surface area contributed by atoms with Gasteiger partial charge < -0.3 is 4.57 Å². The van der Waals surface area contributed by atoms with Crippen molar-refractivity contribution in [3.8, 4) is 0 Å². The molecule has 1 aromatic rings. The van der Waals surface area contributed by atoms with Gasteiger partial charge in [0.25, 0.3) is 0 Å². The lowest BCUT2D eigenvalue weighted by Gasteiger charge is -2.40. The molecule has 0 atom stereocenters. The Balaban J connectivity index is 3.14. The fourth-order valence-corrected chi connectivity index (χ4v) is 7.47. The van der Waals surface area contributed by atoms with Crippen LogP contribution in [0.4, 0.5) is 0 Å². The Hall–Kier alpha value is -0.603. The van der Waals surface area contributed by atoms with Gasteiger partial charge in [0.05, 0.1) is 0 Å². The molecular formula is C14H25NSi. The van der Waals surface area contributed by atoms with Crippen LogP contribution >= 0.6 is 0 Å². The van der Waals surface area contributed by atoms with Gasteiger partial charge in [-0.15, -0.1) is 0 Å². The SMILES string of the molecule is CCN(CC)[Si](CC)(CC)c1ccccc1. The molecule has 0 amide bonds. The zero-order valence-electron chi connectivity index (χ0n) is 11.2. The minimum atomic E-state index is -1.42. The van der Waals surface area contributed by atoms with E-state index in [1.165, 1.54) is 25.2 Å². The van der Waals surface area contributed by atoms with E-state index in [2.05, 4.69) is 62.6 Å². The Morgan fingerprint density at radius 2 is 1.38 bits per heavy atom. The normalized spacial score (nSPS) is 12.1. The fraction of sp³-hybridized carbons (Fsp3) is 0.571. The molecule has 1 nitrogen and oxygen atoms in total. The van der Waals surface area contributed by atoms with Crippen LogP contribution in [-0.4, -0.2) is 25.9 Å². The van der Waals surface area contributed by atoms with E-state index in [4.69, 9.17) is 0 Å². The molecule has 2 heteroatoms. The van der Waals surface area contributed by atoms with Crippen molar-refractivity contribution in [2.45, 2.75) is 39.8 Å². The van der Waals surface area contributed by atoms with Crippen LogP contribution in [0.2, 0.25) is 12.1 Å². The summed E-state index contributed by atoms with van der Waals surface area (Å²) in [6.45, 7) is 11.7. The van der Waals surface area contributed by atoms with Gasteiger partial charge in [0.15, 0.2) is 8.24 Å². The van der Waals surface area contributed by atoms with Crippen LogP contribution in [0.15, 0.2) is 30.3 Å². The maximum atomic E-state index is 2.72. The zero-order valence-corrected chi connectivity index (χ0v) is 12.2. The lowest BCUT2D eigenvalue weighted by atomic mass is 10.4. The second-order valence-electron chi connectivity index (χ2n) is 4.28. The van der Waals surface area contributed by atoms with E-state index in [-0.39, 0.29) is 0 Å². The monoisotopic (exact) mass is 235 g/mol. The summed E-state index contributed by atoms with van der Waals surface area (Å²) < 4.78 is 2.72. The highest BCUT2D eigenvalue weighted by molar-refractivity contribution is 6.89. The van der Waals surface area contributed by atoms with Crippen LogP contribution in [0.25, 0.3) is 0 Å². The van der Waals surface area contributed by atoms with Gasteiger partial charge in [-0.05, 0) is 30.4 Å². The summed E-state index contributed by atoms with van der Waals surface area (Å²) in [5, 5.41) is 1.60. The Morgan fingerprint density at radius 1 is 0.875 bits per heavy atom. The summed E-state index contributed by atoms with van der Waals surface area (Å²) in [6.07, 6.45) is 0. The Morgan fingerprint density at radius 3 is 1.75 bits per heavy atom. The molecular weight excluding hydrogens is 210 g/mol. The Kier molecular flexibility index (Phi) is 5.23. The van der Waals surface area contributed by atoms with E-state index >= 15 is 0 Å². The molecule has 90 valence electrons. The van der Waals surface area contributed by atoms with Crippen LogP contribution in [0, 0.1) is 0 Å². The van der Waals surface area contributed by atoms with E-state index < -0.39 is 8.24 Å². The molecule has 1 aromatic carbocycles. The maximum Gasteiger partial charge on any atom is 0.159 e. The highest BCUT2D eigenvalue weighted by Crippen LogP contribution is 2.20.